The van der Waals surface area contributed by atoms with Crippen molar-refractivity contribution < 1.29 is 14.8 Å². The van der Waals surface area contributed by atoms with Crippen molar-refractivity contribution in [3.05, 3.63) is 96.2 Å². The van der Waals surface area contributed by atoms with Gasteiger partial charge in [-0.25, -0.2) is 5.48 Å². The van der Waals surface area contributed by atoms with Crippen molar-refractivity contribution >= 4 is 11.8 Å². The second-order valence-corrected chi connectivity index (χ2v) is 7.02. The highest BCUT2D eigenvalue weighted by atomic mass is 16.5. The van der Waals surface area contributed by atoms with E-state index in [1.54, 1.807) is 24.3 Å². The third-order valence-corrected chi connectivity index (χ3v) is 4.72. The van der Waals surface area contributed by atoms with Crippen LogP contribution in [-0.2, 0) is 9.59 Å². The van der Waals surface area contributed by atoms with Crippen LogP contribution < -0.4 is 5.48 Å². The summed E-state index contributed by atoms with van der Waals surface area (Å²) < 4.78 is 0. The Morgan fingerprint density at radius 1 is 1.14 bits per heavy atom. The lowest BCUT2D eigenvalue weighted by molar-refractivity contribution is -0.127. The summed E-state index contributed by atoms with van der Waals surface area (Å²) in [6, 6.07) is 10.4. The SMILES string of the molecule is C=C(\C=C/C=C(C)/C=C/C(=O)N1CCCC(c2ccccc2)C1)/C=C/C(=O)NO. The van der Waals surface area contributed by atoms with Crippen molar-refractivity contribution in [3.63, 3.8) is 0 Å². The monoisotopic (exact) mass is 392 g/mol. The molecule has 2 N–H and O–H groups in total. The normalized spacial score (nSPS) is 17.9. The third kappa shape index (κ3) is 7.76. The number of rotatable bonds is 7. The quantitative estimate of drug-likeness (QED) is 0.318. The van der Waals surface area contributed by atoms with Gasteiger partial charge >= 0.3 is 0 Å². The maximum absolute atomic E-state index is 12.6. The van der Waals surface area contributed by atoms with Gasteiger partial charge in [0, 0.05) is 31.2 Å². The molecule has 1 aliphatic rings. The summed E-state index contributed by atoms with van der Waals surface area (Å²) in [5.74, 6) is -0.182. The van der Waals surface area contributed by atoms with Crippen LogP contribution in [0.3, 0.4) is 0 Å². The Labute approximate surface area is 172 Å². The van der Waals surface area contributed by atoms with E-state index in [1.807, 2.05) is 36.1 Å². The van der Waals surface area contributed by atoms with Crippen LogP contribution in [0.15, 0.2) is 90.6 Å². The van der Waals surface area contributed by atoms with Crippen molar-refractivity contribution in [2.45, 2.75) is 25.7 Å². The van der Waals surface area contributed by atoms with Gasteiger partial charge in [-0.2, -0.15) is 0 Å². The van der Waals surface area contributed by atoms with Gasteiger partial charge in [-0.1, -0.05) is 72.9 Å². The largest absolute Gasteiger partial charge is 0.339 e. The number of allylic oxidation sites excluding steroid dienone is 7. The maximum atomic E-state index is 12.6. The van der Waals surface area contributed by atoms with E-state index in [2.05, 4.69) is 18.7 Å². The number of nitrogens with one attached hydrogen (secondary N) is 1. The van der Waals surface area contributed by atoms with Crippen molar-refractivity contribution in [2.24, 2.45) is 0 Å². The highest BCUT2D eigenvalue weighted by Gasteiger charge is 2.23. The Kier molecular flexibility index (Phi) is 8.86. The number of hydrogen-bond donors (Lipinski definition) is 2. The number of likely N-dealkylation sites (tertiary alicyclic amines) is 1. The fourth-order valence-corrected chi connectivity index (χ4v) is 3.14. The van der Waals surface area contributed by atoms with Crippen LogP contribution in [-0.4, -0.2) is 35.0 Å². The first-order valence-corrected chi connectivity index (χ1v) is 9.67. The van der Waals surface area contributed by atoms with E-state index in [0.29, 0.717) is 11.5 Å². The zero-order valence-corrected chi connectivity index (χ0v) is 16.8. The average molecular weight is 392 g/mol. The molecule has 1 aliphatic heterocycles. The lowest BCUT2D eigenvalue weighted by Crippen LogP contribution is -2.38. The molecule has 2 amide bonds. The predicted molar refractivity (Wildman–Crippen MR) is 115 cm³/mol. The Morgan fingerprint density at radius 3 is 2.62 bits per heavy atom. The van der Waals surface area contributed by atoms with Crippen LogP contribution in [0.2, 0.25) is 0 Å². The Hall–Kier alpha value is -3.18. The van der Waals surface area contributed by atoms with Gasteiger partial charge in [0.2, 0.25) is 5.91 Å². The first-order valence-electron chi connectivity index (χ1n) is 9.67. The fraction of sp³-hybridized carbons (Fsp3) is 0.250. The third-order valence-electron chi connectivity index (χ3n) is 4.72. The van der Waals surface area contributed by atoms with E-state index in [1.165, 1.54) is 23.2 Å². The zero-order chi connectivity index (χ0) is 21.1. The van der Waals surface area contributed by atoms with E-state index >= 15 is 0 Å². The molecular formula is C24H28N2O3. The molecule has 1 aromatic carbocycles. The summed E-state index contributed by atoms with van der Waals surface area (Å²) in [6.45, 7) is 7.24. The van der Waals surface area contributed by atoms with Gasteiger partial charge in [-0.15, -0.1) is 0 Å². The van der Waals surface area contributed by atoms with Gasteiger partial charge in [-0.05, 0) is 30.9 Å². The molecule has 5 heteroatoms. The molecule has 2 rings (SSSR count). The smallest absolute Gasteiger partial charge is 0.267 e. The first-order chi connectivity index (χ1) is 14.0. The van der Waals surface area contributed by atoms with E-state index in [0.717, 1.165) is 31.5 Å². The standard InChI is InChI=1S/C24H28N2O3/c1-19(13-15-23(27)25-29)8-6-9-20(2)14-16-24(28)26-17-7-12-22(18-26)21-10-4-3-5-11-21/h3-6,8-11,13-16,22,29H,1,7,12,17-18H2,2H3,(H,25,27)/b8-6-,15-13+,16-14+,20-9+. The van der Waals surface area contributed by atoms with Crippen LogP contribution >= 0.6 is 0 Å². The number of hydroxylamine groups is 1. The molecule has 0 spiro atoms. The van der Waals surface area contributed by atoms with Crippen LogP contribution in [0, 0.1) is 0 Å². The number of piperidine rings is 1. The molecule has 152 valence electrons. The minimum atomic E-state index is -0.611. The molecule has 1 aromatic rings. The molecule has 0 saturated carbocycles. The molecular weight excluding hydrogens is 364 g/mol. The molecule has 1 saturated heterocycles. The topological polar surface area (TPSA) is 69.6 Å². The van der Waals surface area contributed by atoms with Gasteiger partial charge in [0.05, 0.1) is 0 Å². The molecule has 1 fully saturated rings. The number of amides is 2. The Balaban J connectivity index is 1.87. The van der Waals surface area contributed by atoms with Crippen LogP contribution in [0.5, 0.6) is 0 Å². The number of carbonyl (C=O) groups is 2. The first kappa shape index (κ1) is 22.1. The summed E-state index contributed by atoms with van der Waals surface area (Å²) in [5.41, 5.74) is 4.34. The molecule has 1 heterocycles. The van der Waals surface area contributed by atoms with Crippen molar-refractivity contribution in [1.29, 1.82) is 0 Å². The summed E-state index contributed by atoms with van der Waals surface area (Å²) in [5, 5.41) is 8.42. The lowest BCUT2D eigenvalue weighted by atomic mass is 9.90. The number of nitrogens with zero attached hydrogens (tertiary/aromatic N) is 1. The van der Waals surface area contributed by atoms with Gasteiger partial charge in [0.1, 0.15) is 0 Å². The van der Waals surface area contributed by atoms with E-state index in [4.69, 9.17) is 5.21 Å². The van der Waals surface area contributed by atoms with E-state index < -0.39 is 5.91 Å². The van der Waals surface area contributed by atoms with Gasteiger partial charge < -0.3 is 4.90 Å². The minimum Gasteiger partial charge on any atom is -0.339 e. The number of carbonyl (C=O) groups excluding carboxylic acids is 2. The number of hydrogen-bond acceptors (Lipinski definition) is 3. The molecule has 29 heavy (non-hydrogen) atoms. The second kappa shape index (κ2) is 11.6. The zero-order valence-electron chi connectivity index (χ0n) is 16.8. The summed E-state index contributed by atoms with van der Waals surface area (Å²) in [7, 11) is 0. The molecule has 0 bridgehead atoms. The summed E-state index contributed by atoms with van der Waals surface area (Å²) in [4.78, 5) is 25.4. The Morgan fingerprint density at radius 2 is 1.90 bits per heavy atom. The lowest BCUT2D eigenvalue weighted by Gasteiger charge is -2.32. The van der Waals surface area contributed by atoms with Gasteiger partial charge in [0.15, 0.2) is 0 Å². The van der Waals surface area contributed by atoms with Crippen molar-refractivity contribution in [1.82, 2.24) is 10.4 Å². The van der Waals surface area contributed by atoms with Crippen molar-refractivity contribution in [2.75, 3.05) is 13.1 Å². The minimum absolute atomic E-state index is 0.0321. The van der Waals surface area contributed by atoms with Crippen molar-refractivity contribution in [3.8, 4) is 0 Å². The molecule has 0 aromatic heterocycles. The number of benzene rings is 1. The van der Waals surface area contributed by atoms with Crippen LogP contribution in [0.25, 0.3) is 0 Å². The molecule has 5 nitrogen and oxygen atoms in total. The van der Waals surface area contributed by atoms with Gasteiger partial charge in [0.25, 0.3) is 5.91 Å². The molecule has 1 atom stereocenters. The highest BCUT2D eigenvalue weighted by Crippen LogP contribution is 2.26. The highest BCUT2D eigenvalue weighted by molar-refractivity contribution is 5.88. The Bertz CT molecular complexity index is 835. The second-order valence-electron chi connectivity index (χ2n) is 7.02. The molecule has 0 radical (unpaired) electrons. The van der Waals surface area contributed by atoms with Gasteiger partial charge in [-0.3, -0.25) is 14.8 Å². The van der Waals surface area contributed by atoms with E-state index in [9.17, 15) is 9.59 Å². The van der Waals surface area contributed by atoms with Crippen LogP contribution in [0.1, 0.15) is 31.2 Å². The summed E-state index contributed by atoms with van der Waals surface area (Å²) >= 11 is 0. The fourth-order valence-electron chi connectivity index (χ4n) is 3.14. The van der Waals surface area contributed by atoms with E-state index in [-0.39, 0.29) is 5.91 Å². The summed E-state index contributed by atoms with van der Waals surface area (Å²) in [6.07, 6.45) is 13.6. The maximum Gasteiger partial charge on any atom is 0.267 e. The predicted octanol–water partition coefficient (Wildman–Crippen LogP) is 4.07. The average Bonchev–Trinajstić information content (AvgIpc) is 2.76. The molecule has 1 unspecified atom stereocenters. The molecule has 0 aliphatic carbocycles. The van der Waals surface area contributed by atoms with Crippen LogP contribution in [0.4, 0.5) is 0 Å².